The Morgan fingerprint density at radius 3 is 2.23 bits per heavy atom. The zero-order valence-corrected chi connectivity index (χ0v) is 16.9. The van der Waals surface area contributed by atoms with Crippen molar-refractivity contribution in [2.45, 2.75) is 108 Å². The molecular weight excluding hydrogens is 330 g/mol. The fourth-order valence-corrected chi connectivity index (χ4v) is 5.41. The van der Waals surface area contributed by atoms with Crippen LogP contribution in [-0.2, 0) is 14.3 Å². The van der Waals surface area contributed by atoms with Gasteiger partial charge in [0.15, 0.2) is 0 Å². The molecule has 3 aliphatic rings. The van der Waals surface area contributed by atoms with Gasteiger partial charge in [-0.15, -0.1) is 0 Å². The third kappa shape index (κ3) is 3.64. The lowest BCUT2D eigenvalue weighted by Crippen LogP contribution is -2.53. The molecule has 0 spiro atoms. The standard InChI is InChI=1S/C21H35NO4/c1-19(2,3)26-18(24)22-20(11-13-21(22,15-23)14-12-20)10-9-16-5-7-17(25-4)8-6-16/h15-17H,5-14H2,1-4H3/t16-,17-,20?,21?. The van der Waals surface area contributed by atoms with Gasteiger partial charge in [0.1, 0.15) is 17.4 Å². The lowest BCUT2D eigenvalue weighted by molar-refractivity contribution is -0.117. The minimum atomic E-state index is -0.629. The van der Waals surface area contributed by atoms with Crippen LogP contribution in [0.25, 0.3) is 0 Å². The third-order valence-electron chi connectivity index (χ3n) is 6.91. The third-order valence-corrected chi connectivity index (χ3v) is 6.91. The van der Waals surface area contributed by atoms with Gasteiger partial charge >= 0.3 is 6.09 Å². The Morgan fingerprint density at radius 1 is 1.12 bits per heavy atom. The first-order valence-electron chi connectivity index (χ1n) is 10.3. The summed E-state index contributed by atoms with van der Waals surface area (Å²) in [6.07, 6.45) is 11.4. The lowest BCUT2D eigenvalue weighted by Gasteiger charge is -2.39. The summed E-state index contributed by atoms with van der Waals surface area (Å²) in [7, 11) is 1.80. The Hall–Kier alpha value is -1.10. The van der Waals surface area contributed by atoms with E-state index in [-0.39, 0.29) is 11.6 Å². The van der Waals surface area contributed by atoms with Crippen molar-refractivity contribution in [1.82, 2.24) is 4.90 Å². The van der Waals surface area contributed by atoms with E-state index < -0.39 is 11.1 Å². The minimum absolute atomic E-state index is 0.179. The van der Waals surface area contributed by atoms with Gasteiger partial charge in [0.2, 0.25) is 0 Å². The fourth-order valence-electron chi connectivity index (χ4n) is 5.41. The molecule has 0 radical (unpaired) electrons. The van der Waals surface area contributed by atoms with E-state index >= 15 is 0 Å². The molecular formula is C21H35NO4. The van der Waals surface area contributed by atoms with Gasteiger partial charge < -0.3 is 14.3 Å². The number of hydrogen-bond acceptors (Lipinski definition) is 4. The van der Waals surface area contributed by atoms with E-state index in [2.05, 4.69) is 0 Å². The van der Waals surface area contributed by atoms with Crippen molar-refractivity contribution in [2.24, 2.45) is 5.92 Å². The molecule has 0 aromatic carbocycles. The highest BCUT2D eigenvalue weighted by atomic mass is 16.6. The Bertz CT molecular complexity index is 523. The lowest BCUT2D eigenvalue weighted by atomic mass is 9.77. The number of hydrogen-bond donors (Lipinski definition) is 0. The van der Waals surface area contributed by atoms with Crippen LogP contribution in [0.15, 0.2) is 0 Å². The first-order chi connectivity index (χ1) is 12.2. The van der Waals surface area contributed by atoms with E-state index in [0.717, 1.165) is 57.7 Å². The molecule has 3 rings (SSSR count). The number of aldehydes is 1. The number of amides is 1. The zero-order chi connectivity index (χ0) is 19.0. The number of carbonyl (C=O) groups is 2. The first kappa shape index (κ1) is 19.7. The average molecular weight is 366 g/mol. The molecule has 2 bridgehead atoms. The van der Waals surface area contributed by atoms with Crippen molar-refractivity contribution >= 4 is 12.4 Å². The number of ether oxygens (including phenoxy) is 2. The zero-order valence-electron chi connectivity index (χ0n) is 16.9. The van der Waals surface area contributed by atoms with Crippen LogP contribution in [-0.4, -0.2) is 47.2 Å². The van der Waals surface area contributed by atoms with Gasteiger partial charge in [-0.2, -0.15) is 0 Å². The summed E-state index contributed by atoms with van der Waals surface area (Å²) in [5, 5.41) is 0. The van der Waals surface area contributed by atoms with Crippen LogP contribution in [0.2, 0.25) is 0 Å². The summed E-state index contributed by atoms with van der Waals surface area (Å²) in [5.41, 5.74) is -1.35. The molecule has 0 aromatic rings. The van der Waals surface area contributed by atoms with Crippen molar-refractivity contribution in [1.29, 1.82) is 0 Å². The molecule has 1 aliphatic carbocycles. The minimum Gasteiger partial charge on any atom is -0.444 e. The van der Waals surface area contributed by atoms with Crippen LogP contribution in [0.5, 0.6) is 0 Å². The van der Waals surface area contributed by atoms with Gasteiger partial charge in [0, 0.05) is 12.6 Å². The molecule has 2 saturated heterocycles. The van der Waals surface area contributed by atoms with Gasteiger partial charge in [-0.1, -0.05) is 0 Å². The van der Waals surface area contributed by atoms with E-state index in [1.807, 2.05) is 25.7 Å². The molecule has 0 atom stereocenters. The van der Waals surface area contributed by atoms with Crippen LogP contribution >= 0.6 is 0 Å². The smallest absolute Gasteiger partial charge is 0.411 e. The molecule has 1 amide bonds. The highest BCUT2D eigenvalue weighted by Crippen LogP contribution is 2.55. The van der Waals surface area contributed by atoms with Crippen LogP contribution in [0.3, 0.4) is 0 Å². The number of rotatable bonds is 5. The second kappa shape index (κ2) is 7.14. The van der Waals surface area contributed by atoms with Crippen molar-refractivity contribution in [3.63, 3.8) is 0 Å². The summed E-state index contributed by atoms with van der Waals surface area (Å²) >= 11 is 0. The topological polar surface area (TPSA) is 55.8 Å². The summed E-state index contributed by atoms with van der Waals surface area (Å²) in [4.78, 5) is 26.7. The molecule has 0 aromatic heterocycles. The van der Waals surface area contributed by atoms with Crippen LogP contribution in [0.1, 0.15) is 85.0 Å². The predicted octanol–water partition coefficient (Wildman–Crippen LogP) is 4.47. The van der Waals surface area contributed by atoms with Gasteiger partial charge in [-0.05, 0) is 90.9 Å². The highest BCUT2D eigenvalue weighted by molar-refractivity contribution is 5.80. The molecule has 3 fully saturated rings. The largest absolute Gasteiger partial charge is 0.444 e. The Labute approximate surface area is 157 Å². The molecule has 0 unspecified atom stereocenters. The SMILES string of the molecule is CO[C@H]1CC[C@H](CCC23CCC(C=O)(CC2)N3C(=O)OC(C)(C)C)CC1. The van der Waals surface area contributed by atoms with Crippen molar-refractivity contribution in [2.75, 3.05) is 7.11 Å². The Kier molecular flexibility index (Phi) is 5.40. The molecule has 1 saturated carbocycles. The second-order valence-corrected chi connectivity index (χ2v) is 9.68. The van der Waals surface area contributed by atoms with E-state index in [9.17, 15) is 9.59 Å². The maximum atomic E-state index is 13.0. The van der Waals surface area contributed by atoms with Crippen LogP contribution in [0.4, 0.5) is 4.79 Å². The van der Waals surface area contributed by atoms with Crippen LogP contribution in [0, 0.1) is 5.92 Å². The average Bonchev–Trinajstić information content (AvgIpc) is 3.10. The Morgan fingerprint density at radius 2 is 1.73 bits per heavy atom. The molecule has 5 nitrogen and oxygen atoms in total. The molecule has 5 heteroatoms. The van der Waals surface area contributed by atoms with E-state index in [1.165, 1.54) is 12.8 Å². The van der Waals surface area contributed by atoms with Crippen molar-refractivity contribution < 1.29 is 19.1 Å². The van der Waals surface area contributed by atoms with Crippen molar-refractivity contribution in [3.8, 4) is 0 Å². The quantitative estimate of drug-likeness (QED) is 0.674. The molecule has 2 aliphatic heterocycles. The second-order valence-electron chi connectivity index (χ2n) is 9.68. The molecule has 0 N–H and O–H groups in total. The van der Waals surface area contributed by atoms with E-state index in [4.69, 9.17) is 9.47 Å². The predicted molar refractivity (Wildman–Crippen MR) is 100 cm³/mol. The number of methoxy groups -OCH3 is 1. The Balaban J connectivity index is 1.68. The maximum Gasteiger partial charge on any atom is 0.411 e. The maximum absolute atomic E-state index is 13.0. The normalized spacial score (nSPS) is 37.0. The molecule has 148 valence electrons. The van der Waals surface area contributed by atoms with Crippen molar-refractivity contribution in [3.05, 3.63) is 0 Å². The van der Waals surface area contributed by atoms with E-state index in [0.29, 0.717) is 12.0 Å². The fraction of sp³-hybridized carbons (Fsp3) is 0.905. The van der Waals surface area contributed by atoms with Gasteiger partial charge in [-0.25, -0.2) is 4.79 Å². The van der Waals surface area contributed by atoms with Crippen LogP contribution < -0.4 is 0 Å². The summed E-state index contributed by atoms with van der Waals surface area (Å²) in [6.45, 7) is 5.66. The van der Waals surface area contributed by atoms with E-state index in [1.54, 1.807) is 7.11 Å². The molecule has 2 heterocycles. The summed E-state index contributed by atoms with van der Waals surface area (Å²) in [6, 6.07) is 0. The van der Waals surface area contributed by atoms with Gasteiger partial charge in [0.05, 0.1) is 6.10 Å². The summed E-state index contributed by atoms with van der Waals surface area (Å²) < 4.78 is 11.2. The monoisotopic (exact) mass is 365 g/mol. The highest BCUT2D eigenvalue weighted by Gasteiger charge is 2.63. The number of fused-ring (bicyclic) bond motifs is 2. The van der Waals surface area contributed by atoms with Gasteiger partial charge in [-0.3, -0.25) is 4.90 Å². The summed E-state index contributed by atoms with van der Waals surface area (Å²) in [5.74, 6) is 0.711. The van der Waals surface area contributed by atoms with Gasteiger partial charge in [0.25, 0.3) is 0 Å². The molecule has 26 heavy (non-hydrogen) atoms. The number of nitrogens with zero attached hydrogens (tertiary/aromatic N) is 1. The first-order valence-corrected chi connectivity index (χ1v) is 10.3. The number of carbonyl (C=O) groups excluding carboxylic acids is 2.